The molecule has 2 heterocycles. The van der Waals surface area contributed by atoms with E-state index in [9.17, 15) is 4.79 Å². The minimum absolute atomic E-state index is 0.0856. The van der Waals surface area contributed by atoms with Crippen molar-refractivity contribution in [1.82, 2.24) is 20.0 Å². The van der Waals surface area contributed by atoms with E-state index in [1.807, 2.05) is 36.1 Å². The number of nitrogens with zero attached hydrogens (tertiary/aromatic N) is 3. The van der Waals surface area contributed by atoms with Gasteiger partial charge in [-0.05, 0) is 24.6 Å². The largest absolute Gasteiger partial charge is 0.379 e. The lowest BCUT2D eigenvalue weighted by Gasteiger charge is -2.30. The number of aromatic nitrogens is 2. The molecule has 1 aliphatic rings. The lowest BCUT2D eigenvalue weighted by Crippen LogP contribution is -2.43. The summed E-state index contributed by atoms with van der Waals surface area (Å²) >= 11 is 6.29. The lowest BCUT2D eigenvalue weighted by molar-refractivity contribution is 0.0319. The molecule has 0 spiro atoms. The van der Waals surface area contributed by atoms with Gasteiger partial charge in [-0.25, -0.2) is 0 Å². The summed E-state index contributed by atoms with van der Waals surface area (Å²) in [6.45, 7) is 7.07. The van der Waals surface area contributed by atoms with Crippen LogP contribution in [0.2, 0.25) is 5.02 Å². The Morgan fingerprint density at radius 3 is 2.80 bits per heavy atom. The van der Waals surface area contributed by atoms with Gasteiger partial charge < -0.3 is 9.64 Å². The van der Waals surface area contributed by atoms with Crippen LogP contribution in [-0.2, 0) is 11.3 Å². The maximum atomic E-state index is 12.9. The van der Waals surface area contributed by atoms with Gasteiger partial charge in [-0.15, -0.1) is 0 Å². The highest BCUT2D eigenvalue weighted by Gasteiger charge is 2.21. The zero-order valence-electron chi connectivity index (χ0n) is 14.4. The van der Waals surface area contributed by atoms with Crippen LogP contribution >= 0.6 is 11.6 Å². The van der Waals surface area contributed by atoms with Crippen LogP contribution in [0.15, 0.2) is 30.3 Å². The molecule has 7 heteroatoms. The van der Waals surface area contributed by atoms with E-state index in [0.29, 0.717) is 23.8 Å². The van der Waals surface area contributed by atoms with Gasteiger partial charge in [0.15, 0.2) is 0 Å². The predicted octanol–water partition coefficient (Wildman–Crippen LogP) is 2.35. The zero-order chi connectivity index (χ0) is 17.6. The highest BCUT2D eigenvalue weighted by atomic mass is 35.5. The van der Waals surface area contributed by atoms with Crippen LogP contribution in [-0.4, -0.2) is 65.3 Å². The first kappa shape index (κ1) is 17.9. The van der Waals surface area contributed by atoms with E-state index < -0.39 is 0 Å². The van der Waals surface area contributed by atoms with Crippen molar-refractivity contribution in [2.75, 3.05) is 39.4 Å². The average Bonchev–Trinajstić information content (AvgIpc) is 3.07. The van der Waals surface area contributed by atoms with E-state index in [-0.39, 0.29) is 5.91 Å². The number of carbonyl (C=O) groups excluding carboxylic acids is 1. The number of ether oxygens (including phenoxy) is 1. The summed E-state index contributed by atoms with van der Waals surface area (Å²) in [6, 6.07) is 9.40. The Bertz CT molecular complexity index is 713. The van der Waals surface area contributed by atoms with Crippen molar-refractivity contribution in [2.45, 2.75) is 13.5 Å². The molecule has 0 saturated carbocycles. The maximum Gasteiger partial charge on any atom is 0.274 e. The molecule has 1 aromatic heterocycles. The molecule has 0 unspecified atom stereocenters. The van der Waals surface area contributed by atoms with Gasteiger partial charge in [-0.2, -0.15) is 5.10 Å². The minimum atomic E-state index is -0.0856. The molecule has 6 nitrogen and oxygen atoms in total. The third-order valence-electron chi connectivity index (χ3n) is 4.32. The number of morpholine rings is 1. The third kappa shape index (κ3) is 4.81. The highest BCUT2D eigenvalue weighted by Crippen LogP contribution is 2.18. The predicted molar refractivity (Wildman–Crippen MR) is 96.8 cm³/mol. The Balaban J connectivity index is 1.72. The molecular weight excluding hydrogens is 340 g/mol. The van der Waals surface area contributed by atoms with Gasteiger partial charge in [0.05, 0.1) is 13.2 Å². The molecule has 3 rings (SSSR count). The highest BCUT2D eigenvalue weighted by molar-refractivity contribution is 6.31. The van der Waals surface area contributed by atoms with Crippen LogP contribution in [0.4, 0.5) is 0 Å². The number of hydrogen-bond donors (Lipinski definition) is 1. The quantitative estimate of drug-likeness (QED) is 0.856. The fourth-order valence-corrected chi connectivity index (χ4v) is 3.06. The molecule has 0 atom stereocenters. The number of hydrogen-bond acceptors (Lipinski definition) is 4. The Morgan fingerprint density at radius 1 is 1.36 bits per heavy atom. The lowest BCUT2D eigenvalue weighted by atomic mass is 10.2. The van der Waals surface area contributed by atoms with Crippen LogP contribution in [0.5, 0.6) is 0 Å². The molecule has 1 N–H and O–H groups in total. The number of aromatic amines is 1. The van der Waals surface area contributed by atoms with Gasteiger partial charge in [0.2, 0.25) is 0 Å². The van der Waals surface area contributed by atoms with Crippen LogP contribution in [0.25, 0.3) is 0 Å². The second-order valence-electron chi connectivity index (χ2n) is 6.21. The van der Waals surface area contributed by atoms with Crippen molar-refractivity contribution in [2.24, 2.45) is 0 Å². The first-order chi connectivity index (χ1) is 12.1. The smallest absolute Gasteiger partial charge is 0.274 e. The normalized spacial score (nSPS) is 15.3. The van der Waals surface area contributed by atoms with E-state index in [1.54, 1.807) is 6.07 Å². The zero-order valence-corrected chi connectivity index (χ0v) is 15.1. The summed E-state index contributed by atoms with van der Waals surface area (Å²) in [5.41, 5.74) is 2.24. The van der Waals surface area contributed by atoms with Crippen molar-refractivity contribution in [1.29, 1.82) is 0 Å². The van der Waals surface area contributed by atoms with Gasteiger partial charge in [-0.3, -0.25) is 14.8 Å². The van der Waals surface area contributed by atoms with Crippen molar-refractivity contribution in [3.63, 3.8) is 0 Å². The van der Waals surface area contributed by atoms with E-state index in [4.69, 9.17) is 16.3 Å². The van der Waals surface area contributed by atoms with Crippen molar-refractivity contribution < 1.29 is 9.53 Å². The number of nitrogens with one attached hydrogen (secondary N) is 1. The molecule has 1 fully saturated rings. The van der Waals surface area contributed by atoms with Crippen LogP contribution in [0.1, 0.15) is 21.7 Å². The number of carbonyl (C=O) groups is 1. The van der Waals surface area contributed by atoms with Crippen LogP contribution in [0, 0.1) is 6.92 Å². The molecular formula is C18H23ClN4O2. The number of H-pyrrole nitrogens is 1. The molecule has 25 heavy (non-hydrogen) atoms. The molecule has 1 aromatic carbocycles. The molecule has 1 aliphatic heterocycles. The summed E-state index contributed by atoms with van der Waals surface area (Å²) in [5, 5.41) is 7.62. The molecule has 0 bridgehead atoms. The third-order valence-corrected chi connectivity index (χ3v) is 4.69. The molecule has 134 valence electrons. The Hall–Kier alpha value is -1.89. The monoisotopic (exact) mass is 362 g/mol. The first-order valence-electron chi connectivity index (χ1n) is 8.48. The summed E-state index contributed by atoms with van der Waals surface area (Å²) in [6.07, 6.45) is 0. The Morgan fingerprint density at radius 2 is 2.12 bits per heavy atom. The van der Waals surface area contributed by atoms with Crippen LogP contribution in [0.3, 0.4) is 0 Å². The van der Waals surface area contributed by atoms with Crippen molar-refractivity contribution in [3.05, 3.63) is 52.3 Å². The van der Waals surface area contributed by atoms with Crippen LogP contribution < -0.4 is 0 Å². The minimum Gasteiger partial charge on any atom is -0.379 e. The fourth-order valence-electron chi connectivity index (χ4n) is 2.86. The Labute approximate surface area is 152 Å². The van der Waals surface area contributed by atoms with E-state index in [2.05, 4.69) is 15.1 Å². The summed E-state index contributed by atoms with van der Waals surface area (Å²) in [5.74, 6) is -0.0856. The van der Waals surface area contributed by atoms with Gasteiger partial charge in [0.1, 0.15) is 5.69 Å². The summed E-state index contributed by atoms with van der Waals surface area (Å²) < 4.78 is 5.38. The summed E-state index contributed by atoms with van der Waals surface area (Å²) in [7, 11) is 0. The Kier molecular flexibility index (Phi) is 6.07. The number of rotatable bonds is 6. The van der Waals surface area contributed by atoms with Crippen molar-refractivity contribution in [3.8, 4) is 0 Å². The molecule has 2 aromatic rings. The second-order valence-corrected chi connectivity index (χ2v) is 6.62. The molecule has 1 amide bonds. The van der Waals surface area contributed by atoms with E-state index >= 15 is 0 Å². The number of halogens is 1. The van der Waals surface area contributed by atoms with Gasteiger partial charge >= 0.3 is 0 Å². The fraction of sp³-hybridized carbons (Fsp3) is 0.444. The summed E-state index contributed by atoms with van der Waals surface area (Å²) in [4.78, 5) is 17.0. The molecule has 0 radical (unpaired) electrons. The first-order valence-corrected chi connectivity index (χ1v) is 8.86. The molecule has 0 aliphatic carbocycles. The van der Waals surface area contributed by atoms with Gasteiger partial charge in [0, 0.05) is 43.4 Å². The standard InChI is InChI=1S/C18H23ClN4O2/c1-14-12-17(21-20-14)18(24)23(7-6-22-8-10-25-11-9-22)13-15-4-2-3-5-16(15)19/h2-5,12H,6-11,13H2,1H3,(H,20,21). The number of benzene rings is 1. The molecule has 1 saturated heterocycles. The maximum absolute atomic E-state index is 12.9. The van der Waals surface area contributed by atoms with E-state index in [1.165, 1.54) is 0 Å². The average molecular weight is 363 g/mol. The second kappa shape index (κ2) is 8.47. The van der Waals surface area contributed by atoms with E-state index in [0.717, 1.165) is 44.1 Å². The number of aryl methyl sites for hydroxylation is 1. The van der Waals surface area contributed by atoms with Gasteiger partial charge in [0.25, 0.3) is 5.91 Å². The number of amides is 1. The SMILES string of the molecule is Cc1cc(C(=O)N(CCN2CCOCC2)Cc2ccccc2Cl)n[nH]1. The van der Waals surface area contributed by atoms with Crippen molar-refractivity contribution >= 4 is 17.5 Å². The van der Waals surface area contributed by atoms with Gasteiger partial charge in [-0.1, -0.05) is 29.8 Å². The topological polar surface area (TPSA) is 61.5 Å².